The third kappa shape index (κ3) is 4.10. The fourth-order valence-electron chi connectivity index (χ4n) is 2.19. The van der Waals surface area contributed by atoms with Crippen LogP contribution in [0.15, 0.2) is 18.2 Å². The number of hydrogen-bond acceptors (Lipinski definition) is 3. The van der Waals surface area contributed by atoms with E-state index in [2.05, 4.69) is 12.2 Å². The second kappa shape index (κ2) is 7.50. The number of benzene rings is 1. The predicted molar refractivity (Wildman–Crippen MR) is 81.0 cm³/mol. The van der Waals surface area contributed by atoms with Gasteiger partial charge in [-0.15, -0.1) is 0 Å². The normalized spacial score (nSPS) is 21.3. The van der Waals surface area contributed by atoms with E-state index < -0.39 is 11.6 Å². The Morgan fingerprint density at radius 3 is 2.84 bits per heavy atom. The van der Waals surface area contributed by atoms with Crippen LogP contribution in [0.3, 0.4) is 0 Å². The van der Waals surface area contributed by atoms with Gasteiger partial charge < -0.3 is 5.32 Å². The fraction of sp³-hybridized carbons (Fsp3) is 0.571. The molecule has 0 aromatic heterocycles. The van der Waals surface area contributed by atoms with Crippen molar-refractivity contribution in [1.29, 1.82) is 0 Å². The number of thioether (sulfide) groups is 2. The zero-order valence-corrected chi connectivity index (χ0v) is 12.6. The van der Waals surface area contributed by atoms with Crippen molar-refractivity contribution < 1.29 is 8.78 Å². The van der Waals surface area contributed by atoms with Crippen LogP contribution >= 0.6 is 23.5 Å². The lowest BCUT2D eigenvalue weighted by Gasteiger charge is -2.31. The Labute approximate surface area is 121 Å². The monoisotopic (exact) mass is 303 g/mol. The molecule has 106 valence electrons. The molecular weight excluding hydrogens is 284 g/mol. The average Bonchev–Trinajstić information content (AvgIpc) is 2.42. The second-order valence-electron chi connectivity index (χ2n) is 4.58. The Hall–Kier alpha value is -0.260. The van der Waals surface area contributed by atoms with E-state index in [9.17, 15) is 8.78 Å². The Kier molecular flexibility index (Phi) is 5.98. The SMILES string of the molecule is CCCNC(c1ccc(F)cc1F)C1CSCCS1. The van der Waals surface area contributed by atoms with E-state index in [4.69, 9.17) is 0 Å². The predicted octanol–water partition coefficient (Wildman–Crippen LogP) is 3.85. The van der Waals surface area contributed by atoms with Crippen molar-refractivity contribution >= 4 is 23.5 Å². The van der Waals surface area contributed by atoms with Gasteiger partial charge in [-0.05, 0) is 19.0 Å². The highest BCUT2D eigenvalue weighted by molar-refractivity contribution is 8.06. The zero-order valence-electron chi connectivity index (χ0n) is 11.0. The summed E-state index contributed by atoms with van der Waals surface area (Å²) < 4.78 is 27.0. The first-order chi connectivity index (χ1) is 9.22. The molecule has 0 saturated carbocycles. The van der Waals surface area contributed by atoms with Gasteiger partial charge in [0.15, 0.2) is 0 Å². The largest absolute Gasteiger partial charge is 0.309 e. The molecule has 1 N–H and O–H groups in total. The van der Waals surface area contributed by atoms with E-state index in [-0.39, 0.29) is 6.04 Å². The lowest BCUT2D eigenvalue weighted by Crippen LogP contribution is -2.34. The van der Waals surface area contributed by atoms with Crippen LogP contribution in [-0.2, 0) is 0 Å². The summed E-state index contributed by atoms with van der Waals surface area (Å²) in [4.78, 5) is 0. The standard InChI is InChI=1S/C14H19F2NS2/c1-2-5-17-14(13-9-18-6-7-19-13)11-4-3-10(15)8-12(11)16/h3-4,8,13-14,17H,2,5-7,9H2,1H3. The maximum Gasteiger partial charge on any atom is 0.130 e. The minimum atomic E-state index is -0.513. The molecule has 19 heavy (non-hydrogen) atoms. The summed E-state index contributed by atoms with van der Waals surface area (Å²) in [6.45, 7) is 2.94. The summed E-state index contributed by atoms with van der Waals surface area (Å²) >= 11 is 3.80. The van der Waals surface area contributed by atoms with E-state index >= 15 is 0 Å². The molecule has 1 fully saturated rings. The molecule has 0 amide bonds. The van der Waals surface area contributed by atoms with Gasteiger partial charge in [0.1, 0.15) is 11.6 Å². The van der Waals surface area contributed by atoms with Gasteiger partial charge >= 0.3 is 0 Å². The van der Waals surface area contributed by atoms with Gasteiger partial charge in [-0.2, -0.15) is 23.5 Å². The molecule has 0 bridgehead atoms. The highest BCUT2D eigenvalue weighted by atomic mass is 32.2. The molecule has 1 nitrogen and oxygen atoms in total. The van der Waals surface area contributed by atoms with E-state index in [1.54, 1.807) is 6.07 Å². The Balaban J connectivity index is 2.19. The smallest absolute Gasteiger partial charge is 0.130 e. The molecular formula is C14H19F2NS2. The van der Waals surface area contributed by atoms with Crippen molar-refractivity contribution in [2.75, 3.05) is 23.8 Å². The minimum Gasteiger partial charge on any atom is -0.309 e. The second-order valence-corrected chi connectivity index (χ2v) is 7.08. The number of rotatable bonds is 5. The molecule has 0 radical (unpaired) electrons. The zero-order chi connectivity index (χ0) is 13.7. The quantitative estimate of drug-likeness (QED) is 0.887. The summed E-state index contributed by atoms with van der Waals surface area (Å²) in [6, 6.07) is 3.88. The summed E-state index contributed by atoms with van der Waals surface area (Å²) in [5, 5.41) is 3.77. The van der Waals surface area contributed by atoms with Crippen molar-refractivity contribution in [2.45, 2.75) is 24.6 Å². The van der Waals surface area contributed by atoms with Crippen molar-refractivity contribution in [3.63, 3.8) is 0 Å². The van der Waals surface area contributed by atoms with Crippen LogP contribution in [0.1, 0.15) is 24.9 Å². The first kappa shape index (κ1) is 15.1. The summed E-state index contributed by atoms with van der Waals surface area (Å²) in [5.41, 5.74) is 0.592. The number of halogens is 2. The van der Waals surface area contributed by atoms with E-state index in [1.165, 1.54) is 6.07 Å². The molecule has 1 aliphatic rings. The van der Waals surface area contributed by atoms with Gasteiger partial charge in [0, 0.05) is 40.2 Å². The third-order valence-electron chi connectivity index (χ3n) is 3.13. The summed E-state index contributed by atoms with van der Waals surface area (Å²) in [5.74, 6) is 2.32. The van der Waals surface area contributed by atoms with Gasteiger partial charge in [-0.25, -0.2) is 8.78 Å². The topological polar surface area (TPSA) is 12.0 Å². The van der Waals surface area contributed by atoms with E-state index in [0.29, 0.717) is 10.8 Å². The van der Waals surface area contributed by atoms with Crippen LogP contribution in [-0.4, -0.2) is 29.1 Å². The van der Waals surface area contributed by atoms with Gasteiger partial charge in [0.2, 0.25) is 0 Å². The van der Waals surface area contributed by atoms with Gasteiger partial charge in [-0.3, -0.25) is 0 Å². The van der Waals surface area contributed by atoms with Crippen molar-refractivity contribution in [3.8, 4) is 0 Å². The van der Waals surface area contributed by atoms with Gasteiger partial charge in [-0.1, -0.05) is 13.0 Å². The van der Waals surface area contributed by atoms with Crippen molar-refractivity contribution in [3.05, 3.63) is 35.4 Å². The summed E-state index contributed by atoms with van der Waals surface area (Å²) in [6.07, 6.45) is 1.00. The van der Waals surface area contributed by atoms with Crippen LogP contribution in [0.5, 0.6) is 0 Å². The van der Waals surface area contributed by atoms with Gasteiger partial charge in [0.05, 0.1) is 0 Å². The molecule has 0 aliphatic carbocycles. The van der Waals surface area contributed by atoms with E-state index in [1.807, 2.05) is 23.5 Å². The molecule has 0 spiro atoms. The van der Waals surface area contributed by atoms with Crippen LogP contribution in [0.25, 0.3) is 0 Å². The Bertz CT molecular complexity index is 408. The Morgan fingerprint density at radius 1 is 1.37 bits per heavy atom. The highest BCUT2D eigenvalue weighted by Crippen LogP contribution is 2.34. The fourth-order valence-corrected chi connectivity index (χ4v) is 5.05. The lowest BCUT2D eigenvalue weighted by atomic mass is 10.0. The first-order valence-electron chi connectivity index (χ1n) is 6.60. The molecule has 1 saturated heterocycles. The highest BCUT2D eigenvalue weighted by Gasteiger charge is 2.27. The van der Waals surface area contributed by atoms with Crippen LogP contribution < -0.4 is 5.32 Å². The number of hydrogen-bond donors (Lipinski definition) is 1. The van der Waals surface area contributed by atoms with Crippen LogP contribution in [0.2, 0.25) is 0 Å². The first-order valence-corrected chi connectivity index (χ1v) is 8.80. The maximum absolute atomic E-state index is 14.0. The molecule has 2 atom stereocenters. The Morgan fingerprint density at radius 2 is 2.21 bits per heavy atom. The molecule has 2 rings (SSSR count). The molecule has 1 aromatic rings. The van der Waals surface area contributed by atoms with Crippen molar-refractivity contribution in [2.24, 2.45) is 0 Å². The van der Waals surface area contributed by atoms with Crippen molar-refractivity contribution in [1.82, 2.24) is 5.32 Å². The van der Waals surface area contributed by atoms with Crippen LogP contribution in [0, 0.1) is 11.6 Å². The molecule has 5 heteroatoms. The lowest BCUT2D eigenvalue weighted by molar-refractivity contribution is 0.492. The third-order valence-corrected chi connectivity index (χ3v) is 5.99. The van der Waals surface area contributed by atoms with Gasteiger partial charge in [0.25, 0.3) is 0 Å². The molecule has 1 aliphatic heterocycles. The molecule has 1 heterocycles. The molecule has 2 unspecified atom stereocenters. The minimum absolute atomic E-state index is 0.0293. The number of nitrogens with one attached hydrogen (secondary N) is 1. The average molecular weight is 303 g/mol. The summed E-state index contributed by atoms with van der Waals surface area (Å²) in [7, 11) is 0. The maximum atomic E-state index is 14.0. The van der Waals surface area contributed by atoms with Crippen LogP contribution in [0.4, 0.5) is 8.78 Å². The molecule has 1 aromatic carbocycles. The van der Waals surface area contributed by atoms with E-state index in [0.717, 1.165) is 36.3 Å².